The second-order valence-electron chi connectivity index (χ2n) is 4.72. The summed E-state index contributed by atoms with van der Waals surface area (Å²) in [6.45, 7) is 1.09. The molecule has 2 nitrogen and oxygen atoms in total. The van der Waals surface area contributed by atoms with Crippen LogP contribution in [0.15, 0.2) is 18.2 Å². The van der Waals surface area contributed by atoms with E-state index in [-0.39, 0.29) is 13.0 Å². The maximum atomic E-state index is 13.7. The smallest absolute Gasteiger partial charge is 0.370 e. The van der Waals surface area contributed by atoms with Gasteiger partial charge in [0.05, 0.1) is 6.61 Å². The topological polar surface area (TPSA) is 21.3 Å². The Morgan fingerprint density at radius 1 is 1.33 bits per heavy atom. The van der Waals surface area contributed by atoms with Crippen LogP contribution in [0.4, 0.5) is 17.6 Å². The molecule has 0 aliphatic heterocycles. The number of hydrogen-bond acceptors (Lipinski definition) is 2. The minimum Gasteiger partial charge on any atom is -0.370 e. The quantitative estimate of drug-likeness (QED) is 0.730. The van der Waals surface area contributed by atoms with Crippen LogP contribution in [-0.4, -0.2) is 32.0 Å². The SMILES string of the molecule is CCCNC(COCC(F)(F)F)Cc1cc(Cl)ccc1F. The zero-order chi connectivity index (χ0) is 15.9. The first-order valence-electron chi connectivity index (χ1n) is 6.63. The van der Waals surface area contributed by atoms with E-state index in [1.54, 1.807) is 0 Å². The van der Waals surface area contributed by atoms with Crippen molar-refractivity contribution in [2.75, 3.05) is 19.8 Å². The van der Waals surface area contributed by atoms with Crippen molar-refractivity contribution >= 4 is 11.6 Å². The molecule has 0 radical (unpaired) electrons. The highest BCUT2D eigenvalue weighted by Gasteiger charge is 2.28. The second-order valence-corrected chi connectivity index (χ2v) is 5.16. The average Bonchev–Trinajstić information content (AvgIpc) is 2.38. The van der Waals surface area contributed by atoms with Gasteiger partial charge in [-0.05, 0) is 43.1 Å². The van der Waals surface area contributed by atoms with E-state index in [0.29, 0.717) is 17.1 Å². The van der Waals surface area contributed by atoms with Crippen LogP contribution in [-0.2, 0) is 11.2 Å². The van der Waals surface area contributed by atoms with Gasteiger partial charge in [0.15, 0.2) is 0 Å². The van der Waals surface area contributed by atoms with Gasteiger partial charge in [0.2, 0.25) is 0 Å². The highest BCUT2D eigenvalue weighted by Crippen LogP contribution is 2.18. The van der Waals surface area contributed by atoms with Gasteiger partial charge in [-0.2, -0.15) is 13.2 Å². The molecule has 0 bridgehead atoms. The van der Waals surface area contributed by atoms with E-state index in [0.717, 1.165) is 6.42 Å². The Labute approximate surface area is 126 Å². The molecule has 21 heavy (non-hydrogen) atoms. The lowest BCUT2D eigenvalue weighted by molar-refractivity contribution is -0.175. The number of nitrogens with one attached hydrogen (secondary N) is 1. The molecular weight excluding hydrogens is 310 g/mol. The van der Waals surface area contributed by atoms with Gasteiger partial charge in [0, 0.05) is 11.1 Å². The van der Waals surface area contributed by atoms with E-state index in [9.17, 15) is 17.6 Å². The lowest BCUT2D eigenvalue weighted by Crippen LogP contribution is -2.37. The van der Waals surface area contributed by atoms with Crippen LogP contribution in [0.5, 0.6) is 0 Å². The molecule has 7 heteroatoms. The third kappa shape index (κ3) is 7.64. The number of hydrogen-bond donors (Lipinski definition) is 1. The fraction of sp³-hybridized carbons (Fsp3) is 0.571. The molecule has 0 aliphatic rings. The van der Waals surface area contributed by atoms with Crippen molar-refractivity contribution in [3.05, 3.63) is 34.6 Å². The van der Waals surface area contributed by atoms with Gasteiger partial charge < -0.3 is 10.1 Å². The summed E-state index contributed by atoms with van der Waals surface area (Å²) in [4.78, 5) is 0. The van der Waals surface area contributed by atoms with Crippen LogP contribution in [0, 0.1) is 5.82 Å². The maximum Gasteiger partial charge on any atom is 0.411 e. The van der Waals surface area contributed by atoms with E-state index in [1.165, 1.54) is 18.2 Å². The van der Waals surface area contributed by atoms with Crippen LogP contribution >= 0.6 is 11.6 Å². The third-order valence-electron chi connectivity index (χ3n) is 2.74. The molecule has 1 N–H and O–H groups in total. The minimum atomic E-state index is -4.36. The van der Waals surface area contributed by atoms with Crippen LogP contribution in [0.1, 0.15) is 18.9 Å². The van der Waals surface area contributed by atoms with E-state index < -0.39 is 24.6 Å². The van der Waals surface area contributed by atoms with Crippen molar-refractivity contribution in [1.82, 2.24) is 5.32 Å². The number of rotatable bonds is 8. The minimum absolute atomic E-state index is 0.147. The van der Waals surface area contributed by atoms with E-state index in [4.69, 9.17) is 11.6 Å². The van der Waals surface area contributed by atoms with Crippen molar-refractivity contribution in [2.45, 2.75) is 32.0 Å². The molecule has 1 aromatic carbocycles. The number of halogens is 5. The molecule has 0 spiro atoms. The summed E-state index contributed by atoms with van der Waals surface area (Å²) in [6, 6.07) is 3.74. The highest BCUT2D eigenvalue weighted by molar-refractivity contribution is 6.30. The Morgan fingerprint density at radius 3 is 2.67 bits per heavy atom. The summed E-state index contributed by atoms with van der Waals surface area (Å²) in [5.41, 5.74) is 0.353. The Hall–Kier alpha value is -0.850. The molecular formula is C14H18ClF4NO. The van der Waals surface area contributed by atoms with Gasteiger partial charge >= 0.3 is 6.18 Å². The van der Waals surface area contributed by atoms with Gasteiger partial charge in [0.25, 0.3) is 0 Å². The Bertz CT molecular complexity index is 439. The predicted molar refractivity (Wildman–Crippen MR) is 74.1 cm³/mol. The van der Waals surface area contributed by atoms with E-state index in [1.807, 2.05) is 6.92 Å². The molecule has 0 aromatic heterocycles. The fourth-order valence-corrected chi connectivity index (χ4v) is 2.02. The number of alkyl halides is 3. The first-order chi connectivity index (χ1) is 9.81. The van der Waals surface area contributed by atoms with Crippen molar-refractivity contribution in [3.8, 4) is 0 Å². The molecule has 0 aliphatic carbocycles. The zero-order valence-electron chi connectivity index (χ0n) is 11.6. The summed E-state index contributed by atoms with van der Waals surface area (Å²) in [5.74, 6) is -0.432. The number of benzene rings is 1. The molecule has 1 unspecified atom stereocenters. The molecule has 0 saturated carbocycles. The van der Waals surface area contributed by atoms with Gasteiger partial charge in [-0.3, -0.25) is 0 Å². The highest BCUT2D eigenvalue weighted by atomic mass is 35.5. The van der Waals surface area contributed by atoms with Gasteiger partial charge in [0.1, 0.15) is 12.4 Å². The Kier molecular flexibility index (Phi) is 7.42. The van der Waals surface area contributed by atoms with Gasteiger partial charge in [-0.1, -0.05) is 18.5 Å². The molecule has 0 heterocycles. The largest absolute Gasteiger partial charge is 0.411 e. The zero-order valence-corrected chi connectivity index (χ0v) is 12.4. The summed E-state index contributed by atoms with van der Waals surface area (Å²) < 4.78 is 54.6. The molecule has 0 saturated heterocycles. The van der Waals surface area contributed by atoms with Crippen molar-refractivity contribution < 1.29 is 22.3 Å². The Balaban J connectivity index is 2.62. The van der Waals surface area contributed by atoms with E-state index in [2.05, 4.69) is 10.1 Å². The normalized spacial score (nSPS) is 13.4. The van der Waals surface area contributed by atoms with Gasteiger partial charge in [-0.15, -0.1) is 0 Å². The van der Waals surface area contributed by atoms with Crippen LogP contribution in [0.2, 0.25) is 5.02 Å². The van der Waals surface area contributed by atoms with Gasteiger partial charge in [-0.25, -0.2) is 4.39 Å². The molecule has 1 atom stereocenters. The monoisotopic (exact) mass is 327 g/mol. The average molecular weight is 328 g/mol. The lowest BCUT2D eigenvalue weighted by Gasteiger charge is -2.19. The maximum absolute atomic E-state index is 13.7. The standard InChI is InChI=1S/C14H18ClF4NO/c1-2-5-20-12(8-21-9-14(17,18)19)7-10-6-11(15)3-4-13(10)16/h3-4,6,12,20H,2,5,7-9H2,1H3. The third-order valence-corrected chi connectivity index (χ3v) is 2.98. The summed E-state index contributed by atoms with van der Waals surface area (Å²) >= 11 is 5.80. The molecule has 0 fully saturated rings. The number of ether oxygens (including phenoxy) is 1. The Morgan fingerprint density at radius 2 is 2.05 bits per heavy atom. The first-order valence-corrected chi connectivity index (χ1v) is 7.01. The molecule has 0 amide bonds. The summed E-state index contributed by atoms with van der Waals surface area (Å²) in [5, 5.41) is 3.43. The molecule has 120 valence electrons. The fourth-order valence-electron chi connectivity index (χ4n) is 1.82. The van der Waals surface area contributed by atoms with E-state index >= 15 is 0 Å². The molecule has 1 aromatic rings. The predicted octanol–water partition coefficient (Wildman–Crippen LogP) is 3.97. The van der Waals surface area contributed by atoms with Crippen LogP contribution in [0.25, 0.3) is 0 Å². The summed E-state index contributed by atoms with van der Waals surface area (Å²) in [6.07, 6.45) is -3.34. The van der Waals surface area contributed by atoms with Crippen LogP contribution in [0.3, 0.4) is 0 Å². The second kappa shape index (κ2) is 8.56. The van der Waals surface area contributed by atoms with Crippen LogP contribution < -0.4 is 5.32 Å². The van der Waals surface area contributed by atoms with Crippen molar-refractivity contribution in [3.63, 3.8) is 0 Å². The summed E-state index contributed by atoms with van der Waals surface area (Å²) in [7, 11) is 0. The molecule has 1 rings (SSSR count). The first kappa shape index (κ1) is 18.2. The van der Waals surface area contributed by atoms with Crippen molar-refractivity contribution in [1.29, 1.82) is 0 Å². The van der Waals surface area contributed by atoms with Crippen molar-refractivity contribution in [2.24, 2.45) is 0 Å². The lowest BCUT2D eigenvalue weighted by atomic mass is 10.1.